The minimum absolute atomic E-state index is 0.0254. The number of benzene rings is 1. The van der Waals surface area contributed by atoms with Gasteiger partial charge >= 0.3 is 6.03 Å². The number of nitrogens with two attached hydrogens (primary N) is 1. The molecule has 0 saturated carbocycles. The molecule has 3 N–H and O–H groups in total. The van der Waals surface area contributed by atoms with Crippen molar-refractivity contribution in [3.05, 3.63) is 29.6 Å². The summed E-state index contributed by atoms with van der Waals surface area (Å²) in [4.78, 5) is 18.4. The van der Waals surface area contributed by atoms with Crippen molar-refractivity contribution in [3.8, 4) is 0 Å². The number of nitrogens with zero attached hydrogens (tertiary/aromatic N) is 3. The van der Waals surface area contributed by atoms with Crippen LogP contribution < -0.4 is 11.1 Å². The van der Waals surface area contributed by atoms with Gasteiger partial charge < -0.3 is 16.0 Å². The van der Waals surface area contributed by atoms with Gasteiger partial charge in [-0.3, -0.25) is 4.31 Å². The Bertz CT molecular complexity index is 864. The van der Waals surface area contributed by atoms with E-state index in [1.165, 1.54) is 22.5 Å². The summed E-state index contributed by atoms with van der Waals surface area (Å²) in [7, 11) is -1.16. The minimum Gasteiger partial charge on any atom is -0.369 e. The Hall–Kier alpha value is -2.29. The molecule has 3 rings (SSSR count). The lowest BCUT2D eigenvalue weighted by molar-refractivity contribution is 0.222. The number of guanidine groups is 1. The van der Waals surface area contributed by atoms with Gasteiger partial charge in [-0.1, -0.05) is 0 Å². The number of carbonyl (C=O) groups is 1. The molecule has 0 aliphatic carbocycles. The largest absolute Gasteiger partial charge is 0.369 e. The average molecular weight is 381 g/mol. The molecule has 0 radical (unpaired) electrons. The molecule has 0 spiro atoms. The highest BCUT2D eigenvalue weighted by Gasteiger charge is 2.38. The molecule has 142 valence electrons. The van der Waals surface area contributed by atoms with Gasteiger partial charge in [0.2, 0.25) is 5.96 Å². The van der Waals surface area contributed by atoms with Gasteiger partial charge in [-0.25, -0.2) is 18.4 Å². The van der Waals surface area contributed by atoms with Crippen LogP contribution in [-0.2, 0) is 15.2 Å². The molecule has 2 aliphatic heterocycles. The second-order valence-electron chi connectivity index (χ2n) is 6.98. The van der Waals surface area contributed by atoms with E-state index in [-0.39, 0.29) is 23.3 Å². The highest BCUT2D eigenvalue weighted by Crippen LogP contribution is 2.34. The Morgan fingerprint density at radius 1 is 1.42 bits per heavy atom. The van der Waals surface area contributed by atoms with Crippen LogP contribution in [0.1, 0.15) is 25.3 Å². The summed E-state index contributed by atoms with van der Waals surface area (Å²) >= 11 is 0. The SMILES string of the molecule is C=S1(=O)C[C@@](C)(c2cc(NC(=O)N3CCCC3)ccc2F)N=C(N)N1C. The Morgan fingerprint density at radius 3 is 2.69 bits per heavy atom. The summed E-state index contributed by atoms with van der Waals surface area (Å²) in [5.74, 6) is 3.30. The van der Waals surface area contributed by atoms with Crippen LogP contribution in [0.2, 0.25) is 0 Å². The van der Waals surface area contributed by atoms with Gasteiger partial charge in [0.1, 0.15) is 11.4 Å². The van der Waals surface area contributed by atoms with E-state index in [0.717, 1.165) is 12.8 Å². The molecule has 9 heteroatoms. The zero-order chi connectivity index (χ0) is 19.1. The first-order valence-electron chi connectivity index (χ1n) is 8.42. The van der Waals surface area contributed by atoms with Crippen LogP contribution in [0.5, 0.6) is 0 Å². The van der Waals surface area contributed by atoms with Crippen molar-refractivity contribution in [1.82, 2.24) is 9.21 Å². The molecule has 0 aromatic heterocycles. The Labute approximate surface area is 153 Å². The number of carbonyl (C=O) groups excluding carboxylic acids is 1. The van der Waals surface area contributed by atoms with Gasteiger partial charge in [-0.05, 0) is 43.8 Å². The quantitative estimate of drug-likeness (QED) is 0.762. The maximum Gasteiger partial charge on any atom is 0.321 e. The monoisotopic (exact) mass is 381 g/mol. The summed E-state index contributed by atoms with van der Waals surface area (Å²) < 4.78 is 28.6. The first-order chi connectivity index (χ1) is 12.1. The number of hydrogen-bond acceptors (Lipinski definition) is 4. The summed E-state index contributed by atoms with van der Waals surface area (Å²) in [5.41, 5.74) is 5.43. The fraction of sp³-hybridized carbons (Fsp3) is 0.471. The number of anilines is 1. The van der Waals surface area contributed by atoms with E-state index in [1.54, 1.807) is 18.9 Å². The van der Waals surface area contributed by atoms with Crippen molar-refractivity contribution in [2.24, 2.45) is 10.7 Å². The summed E-state index contributed by atoms with van der Waals surface area (Å²) in [6, 6.07) is 4.09. The first-order valence-corrected chi connectivity index (χ1v) is 10.3. The lowest BCUT2D eigenvalue weighted by Gasteiger charge is -2.37. The minimum atomic E-state index is -2.72. The molecule has 1 fully saturated rings. The molecule has 2 heterocycles. The third-order valence-electron chi connectivity index (χ3n) is 4.88. The van der Waals surface area contributed by atoms with Gasteiger partial charge in [-0.2, -0.15) is 0 Å². The maximum absolute atomic E-state index is 14.6. The van der Waals surface area contributed by atoms with Crippen molar-refractivity contribution in [1.29, 1.82) is 0 Å². The first kappa shape index (κ1) is 18.5. The zero-order valence-corrected chi connectivity index (χ0v) is 15.8. The van der Waals surface area contributed by atoms with Gasteiger partial charge in [0, 0.05) is 31.4 Å². The van der Waals surface area contributed by atoms with E-state index in [4.69, 9.17) is 5.73 Å². The Morgan fingerprint density at radius 2 is 2.08 bits per heavy atom. The van der Waals surface area contributed by atoms with Gasteiger partial charge in [0.15, 0.2) is 0 Å². The van der Waals surface area contributed by atoms with E-state index >= 15 is 0 Å². The Kier molecular flexibility index (Phi) is 4.60. The van der Waals surface area contributed by atoms with Crippen molar-refractivity contribution in [3.63, 3.8) is 0 Å². The lowest BCUT2D eigenvalue weighted by atomic mass is 9.93. The molecule has 2 aliphatic rings. The predicted molar refractivity (Wildman–Crippen MR) is 103 cm³/mol. The molecular formula is C17H24FN5O2S. The van der Waals surface area contributed by atoms with Crippen LogP contribution in [0.3, 0.4) is 0 Å². The van der Waals surface area contributed by atoms with Crippen molar-refractivity contribution in [2.45, 2.75) is 25.3 Å². The van der Waals surface area contributed by atoms with Crippen LogP contribution in [0.25, 0.3) is 0 Å². The summed E-state index contributed by atoms with van der Waals surface area (Å²) in [6.45, 7) is 3.10. The van der Waals surface area contributed by atoms with Gasteiger partial charge in [-0.15, -0.1) is 0 Å². The van der Waals surface area contributed by atoms with Crippen molar-refractivity contribution < 1.29 is 13.4 Å². The molecule has 0 bridgehead atoms. The highest BCUT2D eigenvalue weighted by atomic mass is 32.2. The third kappa shape index (κ3) is 3.35. The van der Waals surface area contributed by atoms with Crippen molar-refractivity contribution in [2.75, 3.05) is 31.2 Å². The van der Waals surface area contributed by atoms with E-state index < -0.39 is 21.1 Å². The summed E-state index contributed by atoms with van der Waals surface area (Å²) in [6.07, 6.45) is 1.97. The number of aliphatic imine (C=N–C) groups is 1. The number of halogens is 1. The molecule has 1 aromatic carbocycles. The summed E-state index contributed by atoms with van der Waals surface area (Å²) in [5, 5.41) is 2.79. The van der Waals surface area contributed by atoms with Crippen LogP contribution in [0.4, 0.5) is 14.9 Å². The number of hydrogen-bond donors (Lipinski definition) is 2. The highest BCUT2D eigenvalue weighted by molar-refractivity contribution is 7.98. The normalized spacial score (nSPS) is 28.8. The molecule has 2 amide bonds. The number of nitrogens with one attached hydrogen (secondary N) is 1. The zero-order valence-electron chi connectivity index (χ0n) is 15.0. The van der Waals surface area contributed by atoms with E-state index in [0.29, 0.717) is 18.8 Å². The molecule has 1 aromatic rings. The van der Waals surface area contributed by atoms with Crippen LogP contribution in [0.15, 0.2) is 23.2 Å². The maximum atomic E-state index is 14.6. The lowest BCUT2D eigenvalue weighted by Crippen LogP contribution is -2.50. The number of amides is 2. The fourth-order valence-electron chi connectivity index (χ4n) is 3.34. The molecule has 26 heavy (non-hydrogen) atoms. The average Bonchev–Trinajstić information content (AvgIpc) is 3.08. The molecular weight excluding hydrogens is 357 g/mol. The number of likely N-dealkylation sites (tertiary alicyclic amines) is 1. The predicted octanol–water partition coefficient (Wildman–Crippen LogP) is 1.56. The van der Waals surface area contributed by atoms with Gasteiger partial charge in [0.05, 0.1) is 15.5 Å². The van der Waals surface area contributed by atoms with E-state index in [1.807, 2.05) is 0 Å². The smallest absolute Gasteiger partial charge is 0.321 e. The topological polar surface area (TPSA) is 91.0 Å². The Balaban J connectivity index is 1.94. The molecule has 7 nitrogen and oxygen atoms in total. The van der Waals surface area contributed by atoms with E-state index in [9.17, 15) is 13.4 Å². The second kappa shape index (κ2) is 6.46. The van der Waals surface area contributed by atoms with Crippen LogP contribution in [-0.4, -0.2) is 57.2 Å². The molecule has 2 atom stereocenters. The van der Waals surface area contributed by atoms with Crippen LogP contribution >= 0.6 is 0 Å². The van der Waals surface area contributed by atoms with Gasteiger partial charge in [0.25, 0.3) is 0 Å². The fourth-order valence-corrected chi connectivity index (χ4v) is 5.01. The van der Waals surface area contributed by atoms with Crippen molar-refractivity contribution >= 4 is 33.3 Å². The third-order valence-corrected chi connectivity index (χ3v) is 7.08. The molecule has 1 saturated heterocycles. The number of rotatable bonds is 2. The molecule has 1 unspecified atom stereocenters. The standard InChI is InChI=1S/C17H24FN5O2S/c1-17(11-26(3,25)22(2)15(19)21-17)13-10-12(6-7-14(13)18)20-16(24)23-8-4-5-9-23/h6-7,10H,3-5,8-9,11H2,1-2H3,(H2,19,21)(H,20,24)/t17-,26?/m0/s1. The number of urea groups is 1. The van der Waals surface area contributed by atoms with E-state index in [2.05, 4.69) is 16.2 Å². The second-order valence-corrected chi connectivity index (χ2v) is 9.36. The van der Waals surface area contributed by atoms with Crippen LogP contribution in [0, 0.1) is 5.82 Å².